The zero-order valence-electron chi connectivity index (χ0n) is 5.14. The van der Waals surface area contributed by atoms with E-state index in [0.717, 1.165) is 9.61 Å². The lowest BCUT2D eigenvalue weighted by molar-refractivity contribution is 1.19. The number of aromatic nitrogens is 1. The molecule has 0 aliphatic carbocycles. The van der Waals surface area contributed by atoms with E-state index in [9.17, 15) is 0 Å². The Morgan fingerprint density at radius 3 is 2.56 bits per heavy atom. The molecule has 0 saturated heterocycles. The smallest absolute Gasteiger partial charge is 0.160 e. The zero-order chi connectivity index (χ0) is 6.85. The molecule has 0 amide bonds. The molecule has 0 N–H and O–H groups in total. The van der Waals surface area contributed by atoms with Gasteiger partial charge in [-0.1, -0.05) is 0 Å². The van der Waals surface area contributed by atoms with E-state index < -0.39 is 0 Å². The fourth-order valence-corrected chi connectivity index (χ4v) is 3.05. The Morgan fingerprint density at radius 1 is 1.67 bits per heavy atom. The van der Waals surface area contributed by atoms with E-state index in [0.29, 0.717) is 0 Å². The molecule has 0 unspecified atom stereocenters. The maximum absolute atomic E-state index is 4.20. The van der Waals surface area contributed by atoms with Crippen LogP contribution >= 0.6 is 39.0 Å². The summed E-state index contributed by atoms with van der Waals surface area (Å²) in [6, 6.07) is 0. The lowest BCUT2D eigenvalue weighted by Crippen LogP contribution is -1.69. The minimum atomic E-state index is 0.976. The summed E-state index contributed by atoms with van der Waals surface area (Å²) in [6.45, 7) is 2.02. The summed E-state index contributed by atoms with van der Waals surface area (Å²) < 4.78 is 2.27. The van der Waals surface area contributed by atoms with E-state index in [1.165, 1.54) is 4.21 Å². The van der Waals surface area contributed by atoms with Gasteiger partial charge in [0, 0.05) is 0 Å². The highest BCUT2D eigenvalue weighted by Gasteiger charge is 2.01. The molecule has 0 radical (unpaired) electrons. The Kier molecular flexibility index (Phi) is 2.55. The molecule has 1 nitrogen and oxygen atoms in total. The van der Waals surface area contributed by atoms with Gasteiger partial charge in [0.2, 0.25) is 0 Å². The Bertz CT molecular complexity index is 209. The molecule has 1 aromatic heterocycles. The molecule has 0 spiro atoms. The first-order chi connectivity index (χ1) is 4.24. The summed E-state index contributed by atoms with van der Waals surface area (Å²) in [7, 11) is 0. The van der Waals surface area contributed by atoms with Gasteiger partial charge in [0.1, 0.15) is 0 Å². The van der Waals surface area contributed by atoms with Crippen LogP contribution in [0.5, 0.6) is 0 Å². The van der Waals surface area contributed by atoms with Crippen molar-refractivity contribution in [1.82, 2.24) is 4.98 Å². The first-order valence-corrected chi connectivity index (χ1v) is 5.24. The Morgan fingerprint density at radius 2 is 2.33 bits per heavy atom. The van der Waals surface area contributed by atoms with E-state index in [2.05, 4.69) is 27.2 Å². The number of hydrogen-bond acceptors (Lipinski definition) is 3. The summed E-state index contributed by atoms with van der Waals surface area (Å²) >= 11 is 6.74. The van der Waals surface area contributed by atoms with Crippen LogP contribution in [0, 0.1) is 6.92 Å². The standard InChI is InChI=1S/C5H6BrNS2/c1-3-4(8-2)9-5(6)7-3/h1-2H3. The molecule has 0 bridgehead atoms. The first kappa shape index (κ1) is 7.57. The second-order valence-corrected chi connectivity index (χ2v) is 4.89. The minimum Gasteiger partial charge on any atom is -0.233 e. The summed E-state index contributed by atoms with van der Waals surface area (Å²) in [5.41, 5.74) is 1.12. The Hall–Kier alpha value is 0.460. The molecular formula is C5H6BrNS2. The van der Waals surface area contributed by atoms with E-state index in [1.54, 1.807) is 23.1 Å². The van der Waals surface area contributed by atoms with Crippen LogP contribution in [0.1, 0.15) is 5.69 Å². The molecule has 0 aliphatic rings. The van der Waals surface area contributed by atoms with Gasteiger partial charge in [-0.05, 0) is 29.1 Å². The fourth-order valence-electron chi connectivity index (χ4n) is 0.540. The van der Waals surface area contributed by atoms with Crippen LogP contribution in [0.4, 0.5) is 0 Å². The highest BCUT2D eigenvalue weighted by molar-refractivity contribution is 9.11. The average molecular weight is 224 g/mol. The van der Waals surface area contributed by atoms with Gasteiger partial charge in [-0.15, -0.1) is 23.1 Å². The van der Waals surface area contributed by atoms with Crippen molar-refractivity contribution in [2.75, 3.05) is 6.26 Å². The van der Waals surface area contributed by atoms with E-state index in [4.69, 9.17) is 0 Å². The minimum absolute atomic E-state index is 0.976. The third-order valence-electron chi connectivity index (χ3n) is 0.913. The van der Waals surface area contributed by atoms with Crippen molar-refractivity contribution in [1.29, 1.82) is 0 Å². The van der Waals surface area contributed by atoms with Crippen molar-refractivity contribution in [3.63, 3.8) is 0 Å². The average Bonchev–Trinajstić information content (AvgIpc) is 2.10. The summed E-state index contributed by atoms with van der Waals surface area (Å²) in [5, 5.41) is 0. The van der Waals surface area contributed by atoms with E-state index in [-0.39, 0.29) is 0 Å². The molecule has 0 aliphatic heterocycles. The van der Waals surface area contributed by atoms with E-state index >= 15 is 0 Å². The van der Waals surface area contributed by atoms with E-state index in [1.807, 2.05) is 6.92 Å². The zero-order valence-corrected chi connectivity index (χ0v) is 8.36. The van der Waals surface area contributed by atoms with Gasteiger partial charge in [-0.3, -0.25) is 0 Å². The molecule has 0 fully saturated rings. The topological polar surface area (TPSA) is 12.9 Å². The predicted octanol–water partition coefficient (Wildman–Crippen LogP) is 2.94. The van der Waals surface area contributed by atoms with Gasteiger partial charge in [-0.2, -0.15) is 0 Å². The van der Waals surface area contributed by atoms with Crippen LogP contribution < -0.4 is 0 Å². The van der Waals surface area contributed by atoms with Gasteiger partial charge < -0.3 is 0 Å². The van der Waals surface area contributed by atoms with Crippen LogP contribution in [0.25, 0.3) is 0 Å². The summed E-state index contributed by atoms with van der Waals surface area (Å²) in [4.78, 5) is 4.20. The summed E-state index contributed by atoms with van der Waals surface area (Å²) in [5.74, 6) is 0. The van der Waals surface area contributed by atoms with Gasteiger partial charge in [0.25, 0.3) is 0 Å². The number of thiazole rings is 1. The number of aryl methyl sites for hydroxylation is 1. The third kappa shape index (κ3) is 1.69. The highest BCUT2D eigenvalue weighted by atomic mass is 79.9. The number of rotatable bonds is 1. The number of nitrogens with zero attached hydrogens (tertiary/aromatic N) is 1. The molecule has 0 atom stereocenters. The lowest BCUT2D eigenvalue weighted by Gasteiger charge is -1.85. The predicted molar refractivity (Wildman–Crippen MR) is 46.3 cm³/mol. The molecule has 1 heterocycles. The van der Waals surface area contributed by atoms with Crippen molar-refractivity contribution in [3.05, 3.63) is 9.61 Å². The summed E-state index contributed by atoms with van der Waals surface area (Å²) in [6.07, 6.45) is 2.06. The fraction of sp³-hybridized carbons (Fsp3) is 0.400. The van der Waals surface area contributed by atoms with Crippen LogP contribution in [0.2, 0.25) is 0 Å². The van der Waals surface area contributed by atoms with Crippen molar-refractivity contribution in [3.8, 4) is 0 Å². The van der Waals surface area contributed by atoms with Crippen LogP contribution in [0.3, 0.4) is 0 Å². The molecular weight excluding hydrogens is 218 g/mol. The van der Waals surface area contributed by atoms with Crippen molar-refractivity contribution in [2.24, 2.45) is 0 Å². The van der Waals surface area contributed by atoms with Gasteiger partial charge in [0.15, 0.2) is 3.92 Å². The second-order valence-electron chi connectivity index (χ2n) is 1.54. The second kappa shape index (κ2) is 3.03. The van der Waals surface area contributed by atoms with Gasteiger partial charge in [0.05, 0.1) is 9.90 Å². The Labute approximate surface area is 71.0 Å². The molecule has 0 aromatic carbocycles. The normalized spacial score (nSPS) is 10.1. The van der Waals surface area contributed by atoms with Crippen molar-refractivity contribution >= 4 is 39.0 Å². The largest absolute Gasteiger partial charge is 0.233 e. The molecule has 4 heteroatoms. The first-order valence-electron chi connectivity index (χ1n) is 2.41. The maximum Gasteiger partial charge on any atom is 0.160 e. The quantitative estimate of drug-likeness (QED) is 0.680. The Balaban J connectivity index is 3.01. The SMILES string of the molecule is CSc1sc(Br)nc1C. The molecule has 1 rings (SSSR count). The molecule has 50 valence electrons. The number of hydrogen-bond donors (Lipinski definition) is 0. The third-order valence-corrected chi connectivity index (χ3v) is 3.73. The van der Waals surface area contributed by atoms with Crippen LogP contribution in [0.15, 0.2) is 8.13 Å². The lowest BCUT2D eigenvalue weighted by atomic mass is 10.6. The molecule has 1 aromatic rings. The van der Waals surface area contributed by atoms with Crippen LogP contribution in [-0.2, 0) is 0 Å². The number of thioether (sulfide) groups is 1. The van der Waals surface area contributed by atoms with Crippen LogP contribution in [-0.4, -0.2) is 11.2 Å². The van der Waals surface area contributed by atoms with Crippen molar-refractivity contribution < 1.29 is 0 Å². The highest BCUT2D eigenvalue weighted by Crippen LogP contribution is 2.29. The molecule has 0 saturated carbocycles. The van der Waals surface area contributed by atoms with Crippen molar-refractivity contribution in [2.45, 2.75) is 11.1 Å². The number of halogens is 1. The van der Waals surface area contributed by atoms with Gasteiger partial charge >= 0.3 is 0 Å². The monoisotopic (exact) mass is 223 g/mol. The maximum atomic E-state index is 4.20. The molecule has 9 heavy (non-hydrogen) atoms. The van der Waals surface area contributed by atoms with Gasteiger partial charge in [-0.25, -0.2) is 4.98 Å².